The smallest absolute Gasteiger partial charge is 0.497 e. The maximum absolute atomic E-state index is 5.99. The summed E-state index contributed by atoms with van der Waals surface area (Å²) in [6, 6.07) is 23.2. The van der Waals surface area contributed by atoms with Crippen molar-refractivity contribution in [1.29, 1.82) is 0 Å². The van der Waals surface area contributed by atoms with Crippen LogP contribution < -0.4 is 24.9 Å². The molecule has 0 fully saturated rings. The van der Waals surface area contributed by atoms with Crippen molar-refractivity contribution in [2.24, 2.45) is 0 Å². The summed E-state index contributed by atoms with van der Waals surface area (Å²) in [4.78, 5) is 4.12. The van der Waals surface area contributed by atoms with E-state index in [2.05, 4.69) is 116 Å². The molecular weight excluding hydrogens is 597 g/mol. The van der Waals surface area contributed by atoms with Crippen LogP contribution in [0.1, 0.15) is 59.7 Å². The van der Waals surface area contributed by atoms with Gasteiger partial charge in [-0.25, -0.2) is 6.07 Å². The van der Waals surface area contributed by atoms with Crippen molar-refractivity contribution < 1.29 is 30.6 Å². The van der Waals surface area contributed by atoms with Gasteiger partial charge in [-0.3, -0.25) is 0 Å². The Hall–Kier alpha value is -2.76. The molecule has 0 atom stereocenters. The first-order valence-electron chi connectivity index (χ1n) is 15.4. The Morgan fingerprint density at radius 1 is 0.733 bits per heavy atom. The van der Waals surface area contributed by atoms with E-state index in [1.807, 2.05) is 71.7 Å². The second kappa shape index (κ2) is 16.7. The molecule has 0 saturated heterocycles. The number of anilines is 2. The molecule has 0 N–H and O–H groups in total. The first-order chi connectivity index (χ1) is 20.3. The van der Waals surface area contributed by atoms with Gasteiger partial charge in [-0.15, -0.1) is 12.1 Å². The average Bonchev–Trinajstić information content (AvgIpc) is 3.19. The van der Waals surface area contributed by atoms with Gasteiger partial charge in [-0.2, -0.15) is 59.0 Å². The topological polar surface area (TPSA) is 15.7 Å². The molecular formula is C40H57N2OScSi. The minimum Gasteiger partial charge on any atom is -0.497 e. The SMILES string of the molecule is COc1c(C(C)(C)C)cc(C)cc1[Si](C)(C)[c-]1c(C)cc(C)c1C.[CH2-]c1ccccc1N(C)C.[CH2-]c1ccccc1N(C)C.[Sc+3]. The van der Waals surface area contributed by atoms with E-state index in [1.165, 1.54) is 44.4 Å². The molecule has 0 unspecified atom stereocenters. The zero-order valence-corrected chi connectivity index (χ0v) is 33.4. The van der Waals surface area contributed by atoms with Gasteiger partial charge in [0.05, 0.1) is 15.2 Å². The average molecular weight is 655 g/mol. The van der Waals surface area contributed by atoms with Crippen molar-refractivity contribution in [2.75, 3.05) is 45.1 Å². The largest absolute Gasteiger partial charge is 3.00 e. The van der Waals surface area contributed by atoms with Gasteiger partial charge < -0.3 is 14.5 Å². The third kappa shape index (κ3) is 10.1. The minimum absolute atomic E-state index is 0. The minimum atomic E-state index is -1.86. The Kier molecular flexibility index (Phi) is 14.9. The van der Waals surface area contributed by atoms with Crippen LogP contribution in [0.2, 0.25) is 13.1 Å². The summed E-state index contributed by atoms with van der Waals surface area (Å²) in [6.45, 7) is 28.5. The van der Waals surface area contributed by atoms with Crippen LogP contribution in [-0.4, -0.2) is 43.4 Å². The Morgan fingerprint density at radius 2 is 1.18 bits per heavy atom. The molecule has 0 heterocycles. The number of hydrogen-bond acceptors (Lipinski definition) is 3. The Labute approximate surface area is 296 Å². The molecule has 45 heavy (non-hydrogen) atoms. The fraction of sp³-hybridized carbons (Fsp3) is 0.375. The molecule has 0 radical (unpaired) electrons. The van der Waals surface area contributed by atoms with Gasteiger partial charge in [0.15, 0.2) is 0 Å². The van der Waals surface area contributed by atoms with E-state index in [0.29, 0.717) is 0 Å². The molecule has 5 heteroatoms. The zero-order valence-electron chi connectivity index (χ0n) is 30.6. The van der Waals surface area contributed by atoms with Gasteiger partial charge in [0, 0.05) is 0 Å². The summed E-state index contributed by atoms with van der Waals surface area (Å²) in [5.41, 5.74) is 11.5. The van der Waals surface area contributed by atoms with Gasteiger partial charge in [0.2, 0.25) is 0 Å². The fourth-order valence-corrected chi connectivity index (χ4v) is 9.86. The summed E-state index contributed by atoms with van der Waals surface area (Å²) >= 11 is 0. The molecule has 0 saturated carbocycles. The molecule has 0 aromatic heterocycles. The van der Waals surface area contributed by atoms with Crippen molar-refractivity contribution >= 4 is 29.8 Å². The molecule has 240 valence electrons. The van der Waals surface area contributed by atoms with Crippen LogP contribution in [0.25, 0.3) is 0 Å². The number of ether oxygens (including phenoxy) is 1. The van der Waals surface area contributed by atoms with Crippen LogP contribution in [0.15, 0.2) is 66.7 Å². The molecule has 4 rings (SSSR count). The summed E-state index contributed by atoms with van der Waals surface area (Å²) in [6.07, 6.45) is 0. The first-order valence-corrected chi connectivity index (χ1v) is 18.4. The second-order valence-corrected chi connectivity index (χ2v) is 18.1. The maximum atomic E-state index is 5.99. The molecule has 0 spiro atoms. The normalized spacial score (nSPS) is 10.9. The van der Waals surface area contributed by atoms with Gasteiger partial charge in [-0.1, -0.05) is 108 Å². The Balaban J connectivity index is 0.000000396. The number of nitrogens with zero attached hydrogens (tertiary/aromatic N) is 2. The number of methoxy groups -OCH3 is 1. The van der Waals surface area contributed by atoms with E-state index in [0.717, 1.165) is 16.9 Å². The van der Waals surface area contributed by atoms with Crippen molar-refractivity contribution in [2.45, 2.75) is 67.0 Å². The molecule has 0 aliphatic carbocycles. The van der Waals surface area contributed by atoms with Crippen LogP contribution in [0, 0.1) is 41.5 Å². The van der Waals surface area contributed by atoms with Crippen LogP contribution >= 0.6 is 0 Å². The maximum Gasteiger partial charge on any atom is 3.00 e. The van der Waals surface area contributed by atoms with Crippen molar-refractivity contribution in [3.63, 3.8) is 0 Å². The van der Waals surface area contributed by atoms with Crippen LogP contribution in [0.3, 0.4) is 0 Å². The van der Waals surface area contributed by atoms with E-state index < -0.39 is 8.07 Å². The van der Waals surface area contributed by atoms with Crippen LogP contribution in [0.5, 0.6) is 5.75 Å². The van der Waals surface area contributed by atoms with Crippen molar-refractivity contribution in [1.82, 2.24) is 0 Å². The molecule has 4 aromatic rings. The molecule has 0 aliphatic heterocycles. The Bertz CT molecular complexity index is 1480. The standard InChI is InChI=1S/C22H33OSi.2C9H12N.Sc/c1-14-11-18(22(5,6)7)20(23-8)19(12-14)24(9,10)21-16(3)13-15(2)17(21)4;2*1-8-6-4-5-7-9(8)10(2)3;/h11-13H,1-10H3;2*4-7H,1H2,2-3H3;/q3*-1;+3. The zero-order chi connectivity index (χ0) is 33.6. The van der Waals surface area contributed by atoms with E-state index >= 15 is 0 Å². The quantitative estimate of drug-likeness (QED) is 0.158. The van der Waals surface area contributed by atoms with E-state index in [9.17, 15) is 0 Å². The summed E-state index contributed by atoms with van der Waals surface area (Å²) < 4.78 is 5.99. The van der Waals surface area contributed by atoms with Gasteiger partial charge in [0.1, 0.15) is 5.75 Å². The van der Waals surface area contributed by atoms with Gasteiger partial charge >= 0.3 is 25.8 Å². The number of aryl methyl sites for hydroxylation is 3. The third-order valence-corrected chi connectivity index (χ3v) is 12.0. The predicted octanol–water partition coefficient (Wildman–Crippen LogP) is 8.63. The molecule has 3 nitrogen and oxygen atoms in total. The van der Waals surface area contributed by atoms with E-state index in [-0.39, 0.29) is 31.3 Å². The monoisotopic (exact) mass is 654 g/mol. The van der Waals surface area contributed by atoms with Gasteiger partial charge in [-0.05, 0) is 51.3 Å². The van der Waals surface area contributed by atoms with Crippen molar-refractivity contribution in [3.05, 3.63) is 120 Å². The molecule has 0 bridgehead atoms. The molecule has 0 amide bonds. The number of benzene rings is 3. The number of rotatable bonds is 5. The predicted molar refractivity (Wildman–Crippen MR) is 200 cm³/mol. The fourth-order valence-electron chi connectivity index (χ4n) is 6.00. The summed E-state index contributed by atoms with van der Waals surface area (Å²) in [7, 11) is 8.04. The Morgan fingerprint density at radius 3 is 1.49 bits per heavy atom. The number of para-hydroxylation sites is 2. The molecule has 0 aliphatic rings. The van der Waals surface area contributed by atoms with Crippen LogP contribution in [-0.2, 0) is 31.3 Å². The second-order valence-electron chi connectivity index (χ2n) is 13.8. The first kappa shape index (κ1) is 40.3. The van der Waals surface area contributed by atoms with Gasteiger partial charge in [0.25, 0.3) is 0 Å². The summed E-state index contributed by atoms with van der Waals surface area (Å²) in [5, 5.41) is 3.00. The number of hydrogen-bond donors (Lipinski definition) is 0. The van der Waals surface area contributed by atoms with E-state index in [1.54, 1.807) is 5.19 Å². The van der Waals surface area contributed by atoms with Crippen molar-refractivity contribution in [3.8, 4) is 5.75 Å². The summed E-state index contributed by atoms with van der Waals surface area (Å²) in [5.74, 6) is 1.10. The molecule has 4 aromatic carbocycles. The third-order valence-electron chi connectivity index (χ3n) is 8.28. The van der Waals surface area contributed by atoms with Crippen LogP contribution in [0.4, 0.5) is 11.4 Å². The van der Waals surface area contributed by atoms with E-state index in [4.69, 9.17) is 4.74 Å².